The Kier molecular flexibility index (Phi) is 2.60. The van der Waals surface area contributed by atoms with Crippen molar-refractivity contribution in [3.05, 3.63) is 23.7 Å². The lowest BCUT2D eigenvalue weighted by atomic mass is 10.2. The predicted molar refractivity (Wildman–Crippen MR) is 63.3 cm³/mol. The molecule has 0 fully saturated rings. The molecule has 0 atom stereocenters. The molecule has 0 bridgehead atoms. The molecule has 2 heterocycles. The maximum atomic E-state index is 4.56. The SMILES string of the molecule is CNc1nc(C)c(C)nc1-c1ccnn1C. The summed E-state index contributed by atoms with van der Waals surface area (Å²) in [7, 11) is 3.74. The Morgan fingerprint density at radius 3 is 2.44 bits per heavy atom. The van der Waals surface area contributed by atoms with E-state index in [4.69, 9.17) is 0 Å². The molecular weight excluding hydrogens is 202 g/mol. The molecule has 16 heavy (non-hydrogen) atoms. The van der Waals surface area contributed by atoms with E-state index in [2.05, 4.69) is 20.4 Å². The van der Waals surface area contributed by atoms with Gasteiger partial charge >= 0.3 is 0 Å². The molecule has 0 amide bonds. The zero-order chi connectivity index (χ0) is 11.7. The molecule has 0 saturated carbocycles. The topological polar surface area (TPSA) is 55.6 Å². The molecule has 2 rings (SSSR count). The number of rotatable bonds is 2. The number of aryl methyl sites for hydroxylation is 3. The van der Waals surface area contributed by atoms with Gasteiger partial charge < -0.3 is 5.32 Å². The van der Waals surface area contributed by atoms with Gasteiger partial charge in [-0.15, -0.1) is 0 Å². The van der Waals surface area contributed by atoms with E-state index in [9.17, 15) is 0 Å². The Morgan fingerprint density at radius 1 is 1.19 bits per heavy atom. The molecular formula is C11H15N5. The summed E-state index contributed by atoms with van der Waals surface area (Å²) in [5.74, 6) is 0.784. The van der Waals surface area contributed by atoms with E-state index in [0.29, 0.717) is 0 Å². The average molecular weight is 217 g/mol. The molecule has 0 aliphatic carbocycles. The van der Waals surface area contributed by atoms with E-state index >= 15 is 0 Å². The van der Waals surface area contributed by atoms with E-state index in [1.165, 1.54) is 0 Å². The minimum absolute atomic E-state index is 0.784. The minimum Gasteiger partial charge on any atom is -0.371 e. The third kappa shape index (κ3) is 1.64. The number of nitrogens with one attached hydrogen (secondary N) is 1. The van der Waals surface area contributed by atoms with Crippen LogP contribution in [0.4, 0.5) is 5.82 Å². The van der Waals surface area contributed by atoms with Crippen LogP contribution in [0.3, 0.4) is 0 Å². The molecule has 0 aliphatic heterocycles. The van der Waals surface area contributed by atoms with Gasteiger partial charge in [0.25, 0.3) is 0 Å². The van der Waals surface area contributed by atoms with Gasteiger partial charge in [-0.2, -0.15) is 5.10 Å². The van der Waals surface area contributed by atoms with Crippen molar-refractivity contribution in [2.45, 2.75) is 13.8 Å². The fourth-order valence-corrected chi connectivity index (χ4v) is 1.56. The summed E-state index contributed by atoms with van der Waals surface area (Å²) in [4.78, 5) is 9.03. The highest BCUT2D eigenvalue weighted by molar-refractivity contribution is 5.68. The summed E-state index contributed by atoms with van der Waals surface area (Å²) in [6.07, 6.45) is 1.76. The Labute approximate surface area is 94.5 Å². The zero-order valence-electron chi connectivity index (χ0n) is 9.94. The molecule has 1 N–H and O–H groups in total. The maximum absolute atomic E-state index is 4.56. The summed E-state index contributed by atoms with van der Waals surface area (Å²) < 4.78 is 1.79. The molecule has 0 saturated heterocycles. The standard InChI is InChI=1S/C11H15N5/c1-7-8(2)15-11(12-3)10(14-7)9-5-6-13-16(9)4/h5-6H,1-4H3,(H,12,15). The van der Waals surface area contributed by atoms with Gasteiger partial charge in [0.1, 0.15) is 5.69 Å². The third-order valence-electron chi connectivity index (χ3n) is 2.61. The van der Waals surface area contributed by atoms with Crippen molar-refractivity contribution in [3.8, 4) is 11.4 Å². The van der Waals surface area contributed by atoms with Crippen LogP contribution in [0.2, 0.25) is 0 Å². The predicted octanol–water partition coefficient (Wildman–Crippen LogP) is 1.54. The fraction of sp³-hybridized carbons (Fsp3) is 0.364. The largest absolute Gasteiger partial charge is 0.371 e. The van der Waals surface area contributed by atoms with Crippen molar-refractivity contribution in [2.24, 2.45) is 7.05 Å². The molecule has 2 aromatic rings. The highest BCUT2D eigenvalue weighted by Gasteiger charge is 2.12. The van der Waals surface area contributed by atoms with Gasteiger partial charge in [0.15, 0.2) is 5.82 Å². The highest BCUT2D eigenvalue weighted by Crippen LogP contribution is 2.24. The minimum atomic E-state index is 0.784. The molecule has 0 unspecified atom stereocenters. The van der Waals surface area contributed by atoms with Crippen LogP contribution in [-0.4, -0.2) is 26.8 Å². The quantitative estimate of drug-likeness (QED) is 0.829. The fourth-order valence-electron chi connectivity index (χ4n) is 1.56. The van der Waals surface area contributed by atoms with Crippen molar-refractivity contribution < 1.29 is 0 Å². The van der Waals surface area contributed by atoms with Gasteiger partial charge in [-0.05, 0) is 19.9 Å². The van der Waals surface area contributed by atoms with Crippen molar-refractivity contribution in [1.29, 1.82) is 0 Å². The van der Waals surface area contributed by atoms with Crippen molar-refractivity contribution in [2.75, 3.05) is 12.4 Å². The Balaban J connectivity index is 2.64. The van der Waals surface area contributed by atoms with Crippen molar-refractivity contribution in [3.63, 3.8) is 0 Å². The molecule has 0 aliphatic rings. The van der Waals surface area contributed by atoms with Gasteiger partial charge in [0.2, 0.25) is 0 Å². The first-order valence-corrected chi connectivity index (χ1v) is 5.15. The van der Waals surface area contributed by atoms with E-state index in [-0.39, 0.29) is 0 Å². The molecule has 2 aromatic heterocycles. The van der Waals surface area contributed by atoms with Crippen LogP contribution in [-0.2, 0) is 7.05 Å². The van der Waals surface area contributed by atoms with Gasteiger partial charge in [-0.25, -0.2) is 9.97 Å². The first-order chi connectivity index (χ1) is 7.63. The second-order valence-corrected chi connectivity index (χ2v) is 3.68. The van der Waals surface area contributed by atoms with E-state index in [1.54, 1.807) is 10.9 Å². The maximum Gasteiger partial charge on any atom is 0.154 e. The van der Waals surface area contributed by atoms with Crippen LogP contribution in [0, 0.1) is 13.8 Å². The van der Waals surface area contributed by atoms with E-state index in [1.807, 2.05) is 34.0 Å². The highest BCUT2D eigenvalue weighted by atomic mass is 15.3. The summed E-state index contributed by atoms with van der Waals surface area (Å²) in [5.41, 5.74) is 3.68. The third-order valence-corrected chi connectivity index (χ3v) is 2.61. The summed E-state index contributed by atoms with van der Waals surface area (Å²) in [6, 6.07) is 1.93. The molecule has 0 spiro atoms. The Bertz CT molecular complexity index is 515. The van der Waals surface area contributed by atoms with Crippen molar-refractivity contribution >= 4 is 5.82 Å². The van der Waals surface area contributed by atoms with E-state index < -0.39 is 0 Å². The number of hydrogen-bond acceptors (Lipinski definition) is 4. The van der Waals surface area contributed by atoms with Crippen molar-refractivity contribution in [1.82, 2.24) is 19.7 Å². The van der Waals surface area contributed by atoms with Crippen LogP contribution in [0.25, 0.3) is 11.4 Å². The van der Waals surface area contributed by atoms with Gasteiger partial charge in [-0.3, -0.25) is 4.68 Å². The van der Waals surface area contributed by atoms with Crippen LogP contribution < -0.4 is 5.32 Å². The lowest BCUT2D eigenvalue weighted by molar-refractivity contribution is 0.772. The van der Waals surface area contributed by atoms with E-state index in [0.717, 1.165) is 28.6 Å². The molecule has 0 radical (unpaired) electrons. The summed E-state index contributed by atoms with van der Waals surface area (Å²) in [6.45, 7) is 3.91. The van der Waals surface area contributed by atoms with Gasteiger partial charge in [0, 0.05) is 20.3 Å². The second-order valence-electron chi connectivity index (χ2n) is 3.68. The molecule has 5 nitrogen and oxygen atoms in total. The molecule has 5 heteroatoms. The number of aromatic nitrogens is 4. The molecule has 0 aromatic carbocycles. The first-order valence-electron chi connectivity index (χ1n) is 5.15. The van der Waals surface area contributed by atoms with Crippen LogP contribution in [0.5, 0.6) is 0 Å². The van der Waals surface area contributed by atoms with Crippen LogP contribution in [0.1, 0.15) is 11.4 Å². The van der Waals surface area contributed by atoms with Crippen LogP contribution >= 0.6 is 0 Å². The molecule has 84 valence electrons. The van der Waals surface area contributed by atoms with Gasteiger partial charge in [-0.1, -0.05) is 0 Å². The lowest BCUT2D eigenvalue weighted by Gasteiger charge is -2.10. The second kappa shape index (κ2) is 3.92. The number of hydrogen-bond donors (Lipinski definition) is 1. The lowest BCUT2D eigenvalue weighted by Crippen LogP contribution is -2.05. The first kappa shape index (κ1) is 10.6. The zero-order valence-corrected chi connectivity index (χ0v) is 9.94. The summed E-state index contributed by atoms with van der Waals surface area (Å²) >= 11 is 0. The Hall–Kier alpha value is -1.91. The monoisotopic (exact) mass is 217 g/mol. The smallest absolute Gasteiger partial charge is 0.154 e. The average Bonchev–Trinajstić information content (AvgIpc) is 2.68. The number of anilines is 1. The Morgan fingerprint density at radius 2 is 1.88 bits per heavy atom. The normalized spacial score (nSPS) is 10.5. The summed E-state index contributed by atoms with van der Waals surface area (Å²) in [5, 5.41) is 7.21. The number of nitrogens with zero attached hydrogens (tertiary/aromatic N) is 4. The van der Waals surface area contributed by atoms with Crippen LogP contribution in [0.15, 0.2) is 12.3 Å². The van der Waals surface area contributed by atoms with Gasteiger partial charge in [0.05, 0.1) is 17.1 Å².